The average Bonchev–Trinajstić information content (AvgIpc) is 2.75. The number of amides is 1. The number of fused-ring (bicyclic) bond motifs is 2. The summed E-state index contributed by atoms with van der Waals surface area (Å²) in [6, 6.07) is 9.61. The molecule has 2 saturated heterocycles. The van der Waals surface area contributed by atoms with E-state index in [2.05, 4.69) is 0 Å². The maximum Gasteiger partial charge on any atom is 0.410 e. The Morgan fingerprint density at radius 3 is 2.33 bits per heavy atom. The standard InChI is InChI=1S/C16H19NO4/c18-15(19)12-8-13-6-7-14(9-12)17(13)16(20)21-10-11-4-2-1-3-5-11/h1-5,12-14H,6-10H2,(H,18,19)/t13-,14-/m1/s1. The summed E-state index contributed by atoms with van der Waals surface area (Å²) in [7, 11) is 0. The number of benzene rings is 1. The lowest BCUT2D eigenvalue weighted by molar-refractivity contribution is -0.144. The van der Waals surface area contributed by atoms with Gasteiger partial charge in [0, 0.05) is 12.1 Å². The summed E-state index contributed by atoms with van der Waals surface area (Å²) in [5.74, 6) is -1.06. The minimum absolute atomic E-state index is 0.0214. The Balaban J connectivity index is 1.60. The average molecular weight is 289 g/mol. The molecule has 112 valence electrons. The molecule has 2 bridgehead atoms. The Labute approximate surface area is 123 Å². The van der Waals surface area contributed by atoms with Crippen LogP contribution in [-0.2, 0) is 16.1 Å². The first-order chi connectivity index (χ1) is 10.1. The molecule has 5 heteroatoms. The number of ether oxygens (including phenoxy) is 1. The molecule has 0 aromatic heterocycles. The molecule has 5 nitrogen and oxygen atoms in total. The van der Waals surface area contributed by atoms with Gasteiger partial charge in [0.2, 0.25) is 0 Å². The third-order valence-corrected chi connectivity index (χ3v) is 4.50. The van der Waals surface area contributed by atoms with E-state index in [9.17, 15) is 9.59 Å². The normalized spacial score (nSPS) is 27.4. The molecule has 0 unspecified atom stereocenters. The molecule has 3 rings (SSSR count). The zero-order valence-corrected chi connectivity index (χ0v) is 11.8. The maximum absolute atomic E-state index is 12.3. The topological polar surface area (TPSA) is 66.8 Å². The molecule has 1 N–H and O–H groups in total. The summed E-state index contributed by atoms with van der Waals surface area (Å²) in [6.45, 7) is 0.262. The largest absolute Gasteiger partial charge is 0.481 e. The van der Waals surface area contributed by atoms with Gasteiger partial charge in [-0.3, -0.25) is 4.79 Å². The van der Waals surface area contributed by atoms with Crippen LogP contribution >= 0.6 is 0 Å². The van der Waals surface area contributed by atoms with Crippen molar-refractivity contribution in [2.75, 3.05) is 0 Å². The van der Waals surface area contributed by atoms with Crippen LogP contribution in [0.15, 0.2) is 30.3 Å². The van der Waals surface area contributed by atoms with Crippen LogP contribution < -0.4 is 0 Å². The van der Waals surface area contributed by atoms with Gasteiger partial charge in [0.05, 0.1) is 5.92 Å². The Kier molecular flexibility index (Phi) is 3.82. The second kappa shape index (κ2) is 5.76. The Morgan fingerprint density at radius 2 is 1.76 bits per heavy atom. The Morgan fingerprint density at radius 1 is 1.14 bits per heavy atom. The van der Waals surface area contributed by atoms with E-state index >= 15 is 0 Å². The van der Waals surface area contributed by atoms with E-state index in [1.165, 1.54) is 0 Å². The van der Waals surface area contributed by atoms with Crippen LogP contribution in [0.25, 0.3) is 0 Å². The zero-order valence-electron chi connectivity index (χ0n) is 11.8. The first-order valence-electron chi connectivity index (χ1n) is 7.37. The summed E-state index contributed by atoms with van der Waals surface area (Å²) in [5.41, 5.74) is 0.957. The van der Waals surface area contributed by atoms with E-state index in [4.69, 9.17) is 9.84 Å². The third kappa shape index (κ3) is 2.86. The number of nitrogens with zero attached hydrogens (tertiary/aromatic N) is 1. The molecule has 1 aromatic rings. The summed E-state index contributed by atoms with van der Waals surface area (Å²) >= 11 is 0. The van der Waals surface area contributed by atoms with Crippen LogP contribution in [0.2, 0.25) is 0 Å². The van der Waals surface area contributed by atoms with Gasteiger partial charge in [-0.25, -0.2) is 4.79 Å². The van der Waals surface area contributed by atoms with Gasteiger partial charge in [-0.1, -0.05) is 30.3 Å². The highest BCUT2D eigenvalue weighted by Gasteiger charge is 2.45. The SMILES string of the molecule is O=C(O)C1C[C@H]2CC[C@H](C1)N2C(=O)OCc1ccccc1. The number of carboxylic acid groups (broad SMARTS) is 1. The van der Waals surface area contributed by atoms with Crippen LogP contribution in [0.1, 0.15) is 31.2 Å². The van der Waals surface area contributed by atoms with Gasteiger partial charge in [0.1, 0.15) is 6.61 Å². The lowest BCUT2D eigenvalue weighted by Gasteiger charge is -2.36. The molecule has 1 amide bonds. The van der Waals surface area contributed by atoms with Gasteiger partial charge in [-0.05, 0) is 31.2 Å². The van der Waals surface area contributed by atoms with Crippen LogP contribution in [0.3, 0.4) is 0 Å². The predicted molar refractivity (Wildman–Crippen MR) is 75.6 cm³/mol. The minimum Gasteiger partial charge on any atom is -0.481 e. The summed E-state index contributed by atoms with van der Waals surface area (Å²) in [6.07, 6.45) is 2.55. The Bertz CT molecular complexity index is 516. The van der Waals surface area contributed by atoms with E-state index in [0.717, 1.165) is 18.4 Å². The first-order valence-corrected chi connectivity index (χ1v) is 7.37. The van der Waals surface area contributed by atoms with Gasteiger partial charge in [-0.15, -0.1) is 0 Å². The highest BCUT2D eigenvalue weighted by atomic mass is 16.6. The van der Waals surface area contributed by atoms with Crippen molar-refractivity contribution in [3.63, 3.8) is 0 Å². The number of piperidine rings is 1. The number of carbonyl (C=O) groups excluding carboxylic acids is 1. The fourth-order valence-corrected chi connectivity index (χ4v) is 3.47. The molecule has 0 aliphatic carbocycles. The molecule has 2 fully saturated rings. The molecular weight excluding hydrogens is 270 g/mol. The van der Waals surface area contributed by atoms with Crippen LogP contribution in [0.4, 0.5) is 4.79 Å². The van der Waals surface area contributed by atoms with E-state index in [1.807, 2.05) is 30.3 Å². The van der Waals surface area contributed by atoms with Crippen molar-refractivity contribution in [1.82, 2.24) is 4.90 Å². The second-order valence-corrected chi connectivity index (χ2v) is 5.84. The summed E-state index contributed by atoms with van der Waals surface area (Å²) in [4.78, 5) is 25.2. The first kappa shape index (κ1) is 13.9. The van der Waals surface area contributed by atoms with E-state index in [0.29, 0.717) is 12.8 Å². The number of aliphatic carboxylic acids is 1. The molecule has 2 heterocycles. The number of carboxylic acids is 1. The van der Waals surface area contributed by atoms with Crippen molar-refractivity contribution < 1.29 is 19.4 Å². The second-order valence-electron chi connectivity index (χ2n) is 5.84. The third-order valence-electron chi connectivity index (χ3n) is 4.50. The van der Waals surface area contributed by atoms with E-state index in [1.54, 1.807) is 4.90 Å². The Hall–Kier alpha value is -2.04. The van der Waals surface area contributed by atoms with Crippen molar-refractivity contribution in [2.45, 2.75) is 44.4 Å². The van der Waals surface area contributed by atoms with Gasteiger partial charge < -0.3 is 14.7 Å². The van der Waals surface area contributed by atoms with Gasteiger partial charge in [-0.2, -0.15) is 0 Å². The van der Waals surface area contributed by atoms with Gasteiger partial charge in [0.25, 0.3) is 0 Å². The van der Waals surface area contributed by atoms with Gasteiger partial charge >= 0.3 is 12.1 Å². The lowest BCUT2D eigenvalue weighted by atomic mass is 9.91. The minimum atomic E-state index is -0.746. The predicted octanol–water partition coefficient (Wildman–Crippen LogP) is 2.65. The van der Waals surface area contributed by atoms with Crippen molar-refractivity contribution in [1.29, 1.82) is 0 Å². The number of rotatable bonds is 3. The maximum atomic E-state index is 12.3. The summed E-state index contributed by atoms with van der Waals surface area (Å²) in [5, 5.41) is 9.14. The number of carbonyl (C=O) groups is 2. The molecule has 0 spiro atoms. The molecule has 2 aliphatic rings. The fourth-order valence-electron chi connectivity index (χ4n) is 3.47. The molecule has 21 heavy (non-hydrogen) atoms. The number of hydrogen-bond acceptors (Lipinski definition) is 3. The molecular formula is C16H19NO4. The lowest BCUT2D eigenvalue weighted by Crippen LogP contribution is -2.48. The van der Waals surface area contributed by atoms with Crippen LogP contribution in [0, 0.1) is 5.92 Å². The fraction of sp³-hybridized carbons (Fsp3) is 0.500. The van der Waals surface area contributed by atoms with Crippen molar-refractivity contribution >= 4 is 12.1 Å². The number of hydrogen-bond donors (Lipinski definition) is 1. The van der Waals surface area contributed by atoms with Gasteiger partial charge in [0.15, 0.2) is 0 Å². The highest BCUT2D eigenvalue weighted by Crippen LogP contribution is 2.39. The molecule has 1 aromatic carbocycles. The van der Waals surface area contributed by atoms with Crippen molar-refractivity contribution in [3.05, 3.63) is 35.9 Å². The van der Waals surface area contributed by atoms with E-state index in [-0.39, 0.29) is 30.7 Å². The van der Waals surface area contributed by atoms with E-state index < -0.39 is 5.97 Å². The molecule has 2 aliphatic heterocycles. The monoisotopic (exact) mass is 289 g/mol. The van der Waals surface area contributed by atoms with Crippen LogP contribution in [-0.4, -0.2) is 34.2 Å². The quantitative estimate of drug-likeness (QED) is 0.929. The van der Waals surface area contributed by atoms with Crippen molar-refractivity contribution in [3.8, 4) is 0 Å². The molecule has 0 radical (unpaired) electrons. The smallest absolute Gasteiger partial charge is 0.410 e. The summed E-state index contributed by atoms with van der Waals surface area (Å²) < 4.78 is 5.38. The molecule has 2 atom stereocenters. The van der Waals surface area contributed by atoms with Crippen molar-refractivity contribution in [2.24, 2.45) is 5.92 Å². The van der Waals surface area contributed by atoms with Crippen LogP contribution in [0.5, 0.6) is 0 Å². The molecule has 0 saturated carbocycles. The zero-order chi connectivity index (χ0) is 14.8. The highest BCUT2D eigenvalue weighted by molar-refractivity contribution is 5.73.